The highest BCUT2D eigenvalue weighted by atomic mass is 16.1. The molecule has 0 aromatic heterocycles. The van der Waals surface area contributed by atoms with Crippen molar-refractivity contribution in [3.8, 4) is 0 Å². The fourth-order valence-corrected chi connectivity index (χ4v) is 2.90. The molecule has 1 aromatic rings. The van der Waals surface area contributed by atoms with Crippen LogP contribution in [0.2, 0.25) is 0 Å². The van der Waals surface area contributed by atoms with Gasteiger partial charge < -0.3 is 16.0 Å². The molecule has 0 radical (unpaired) electrons. The molecule has 0 aliphatic heterocycles. The molecule has 1 fully saturated rings. The van der Waals surface area contributed by atoms with Crippen LogP contribution in [-0.4, -0.2) is 32.0 Å². The predicted molar refractivity (Wildman–Crippen MR) is 94.6 cm³/mol. The molecule has 1 amide bonds. The van der Waals surface area contributed by atoms with Crippen molar-refractivity contribution in [1.29, 1.82) is 0 Å². The maximum absolute atomic E-state index is 11.5. The Labute approximate surface area is 139 Å². The Bertz CT molecular complexity index is 530. The lowest BCUT2D eigenvalue weighted by atomic mass is 9.87. The first-order valence-corrected chi connectivity index (χ1v) is 8.40. The van der Waals surface area contributed by atoms with Crippen molar-refractivity contribution in [1.82, 2.24) is 16.0 Å². The van der Waals surface area contributed by atoms with Gasteiger partial charge in [0.25, 0.3) is 5.91 Å². The lowest BCUT2D eigenvalue weighted by molar-refractivity contribution is 0.0963. The Hall–Kier alpha value is -2.04. The highest BCUT2D eigenvalue weighted by Crippen LogP contribution is 2.23. The van der Waals surface area contributed by atoms with Crippen LogP contribution in [-0.2, 0) is 6.54 Å². The summed E-state index contributed by atoms with van der Waals surface area (Å²) in [7, 11) is 3.44. The van der Waals surface area contributed by atoms with Crippen LogP contribution in [0.25, 0.3) is 0 Å². The van der Waals surface area contributed by atoms with Gasteiger partial charge in [0.2, 0.25) is 0 Å². The number of aliphatic imine (C=N–C) groups is 1. The molecule has 1 saturated carbocycles. The van der Waals surface area contributed by atoms with Gasteiger partial charge in [-0.2, -0.15) is 0 Å². The van der Waals surface area contributed by atoms with Gasteiger partial charge in [-0.1, -0.05) is 19.1 Å². The molecule has 2 rings (SSSR count). The van der Waals surface area contributed by atoms with Crippen molar-refractivity contribution in [2.45, 2.75) is 45.2 Å². The van der Waals surface area contributed by atoms with Gasteiger partial charge in [0.1, 0.15) is 0 Å². The molecule has 1 aromatic carbocycles. The SMILES string of the molecule is CN=C(NCc1ccc(C(=O)NC)cc1)NC1CCC(C)CC1. The van der Waals surface area contributed by atoms with Gasteiger partial charge in [-0.05, 0) is 49.3 Å². The monoisotopic (exact) mass is 316 g/mol. The Morgan fingerprint density at radius 3 is 2.39 bits per heavy atom. The molecule has 126 valence electrons. The fourth-order valence-electron chi connectivity index (χ4n) is 2.90. The molecule has 0 saturated heterocycles. The summed E-state index contributed by atoms with van der Waals surface area (Å²) in [5, 5.41) is 9.48. The highest BCUT2D eigenvalue weighted by molar-refractivity contribution is 5.93. The van der Waals surface area contributed by atoms with E-state index in [0.717, 1.165) is 17.4 Å². The third kappa shape index (κ3) is 5.27. The minimum absolute atomic E-state index is 0.0616. The minimum Gasteiger partial charge on any atom is -0.355 e. The van der Waals surface area contributed by atoms with Gasteiger partial charge in [-0.15, -0.1) is 0 Å². The minimum atomic E-state index is -0.0616. The maximum atomic E-state index is 11.5. The molecule has 3 N–H and O–H groups in total. The molecule has 0 bridgehead atoms. The second kappa shape index (κ2) is 8.56. The Kier molecular flexibility index (Phi) is 6.44. The van der Waals surface area contributed by atoms with Crippen molar-refractivity contribution >= 4 is 11.9 Å². The van der Waals surface area contributed by atoms with Crippen LogP contribution in [0.3, 0.4) is 0 Å². The molecule has 1 aliphatic rings. The first-order chi connectivity index (χ1) is 11.1. The summed E-state index contributed by atoms with van der Waals surface area (Å²) in [6.07, 6.45) is 5.00. The number of amides is 1. The summed E-state index contributed by atoms with van der Waals surface area (Å²) >= 11 is 0. The van der Waals surface area contributed by atoms with Gasteiger partial charge in [0.05, 0.1) is 0 Å². The van der Waals surface area contributed by atoms with Gasteiger partial charge in [0, 0.05) is 32.2 Å². The van der Waals surface area contributed by atoms with Gasteiger partial charge in [-0.3, -0.25) is 9.79 Å². The molecule has 23 heavy (non-hydrogen) atoms. The van der Waals surface area contributed by atoms with Gasteiger partial charge >= 0.3 is 0 Å². The molecule has 1 aliphatic carbocycles. The van der Waals surface area contributed by atoms with Crippen molar-refractivity contribution in [2.75, 3.05) is 14.1 Å². The van der Waals surface area contributed by atoms with E-state index >= 15 is 0 Å². The van der Waals surface area contributed by atoms with Crippen molar-refractivity contribution in [2.24, 2.45) is 10.9 Å². The van der Waals surface area contributed by atoms with Crippen LogP contribution in [0.4, 0.5) is 0 Å². The second-order valence-corrected chi connectivity index (χ2v) is 6.30. The molecule has 5 nitrogen and oxygen atoms in total. The van der Waals surface area contributed by atoms with Crippen LogP contribution < -0.4 is 16.0 Å². The first-order valence-electron chi connectivity index (χ1n) is 8.40. The van der Waals surface area contributed by atoms with E-state index in [-0.39, 0.29) is 5.91 Å². The van der Waals surface area contributed by atoms with E-state index in [9.17, 15) is 4.79 Å². The highest BCUT2D eigenvalue weighted by Gasteiger charge is 2.18. The topological polar surface area (TPSA) is 65.5 Å². The summed E-state index contributed by atoms with van der Waals surface area (Å²) < 4.78 is 0. The average molecular weight is 316 g/mol. The first kappa shape index (κ1) is 17.3. The van der Waals surface area contributed by atoms with E-state index in [1.807, 2.05) is 24.3 Å². The van der Waals surface area contributed by atoms with Crippen LogP contribution in [0.15, 0.2) is 29.3 Å². The molecule has 0 atom stereocenters. The average Bonchev–Trinajstić information content (AvgIpc) is 2.60. The lowest BCUT2D eigenvalue weighted by Crippen LogP contribution is -2.44. The standard InChI is InChI=1S/C18H28N4O/c1-13-4-10-16(11-5-13)22-18(20-3)21-12-14-6-8-15(9-7-14)17(23)19-2/h6-9,13,16H,4-5,10-12H2,1-3H3,(H,19,23)(H2,20,21,22). The fraction of sp³-hybridized carbons (Fsp3) is 0.556. The number of rotatable bonds is 4. The Morgan fingerprint density at radius 1 is 1.17 bits per heavy atom. The normalized spacial score (nSPS) is 21.6. The zero-order valence-electron chi connectivity index (χ0n) is 14.4. The van der Waals surface area contributed by atoms with E-state index in [2.05, 4.69) is 27.9 Å². The van der Waals surface area contributed by atoms with Crippen LogP contribution in [0.5, 0.6) is 0 Å². The lowest BCUT2D eigenvalue weighted by Gasteiger charge is -2.28. The summed E-state index contributed by atoms with van der Waals surface area (Å²) in [5.41, 5.74) is 1.80. The van der Waals surface area contributed by atoms with Crippen LogP contribution in [0.1, 0.15) is 48.5 Å². The molecule has 0 unspecified atom stereocenters. The molecule has 5 heteroatoms. The van der Waals surface area contributed by atoms with Crippen molar-refractivity contribution < 1.29 is 4.79 Å². The molecule has 0 spiro atoms. The van der Waals surface area contributed by atoms with Crippen LogP contribution >= 0.6 is 0 Å². The van der Waals surface area contributed by atoms with Gasteiger partial charge in [-0.25, -0.2) is 0 Å². The number of carbonyl (C=O) groups is 1. The Morgan fingerprint density at radius 2 is 1.83 bits per heavy atom. The van der Waals surface area contributed by atoms with E-state index in [1.165, 1.54) is 25.7 Å². The number of nitrogens with one attached hydrogen (secondary N) is 3. The quantitative estimate of drug-likeness (QED) is 0.590. The largest absolute Gasteiger partial charge is 0.355 e. The van der Waals surface area contributed by atoms with E-state index in [1.54, 1.807) is 14.1 Å². The third-order valence-electron chi connectivity index (χ3n) is 4.48. The van der Waals surface area contributed by atoms with Crippen molar-refractivity contribution in [3.63, 3.8) is 0 Å². The third-order valence-corrected chi connectivity index (χ3v) is 4.48. The maximum Gasteiger partial charge on any atom is 0.251 e. The predicted octanol–water partition coefficient (Wildman–Crippen LogP) is 2.29. The number of hydrogen-bond acceptors (Lipinski definition) is 2. The van der Waals surface area contributed by atoms with E-state index < -0.39 is 0 Å². The van der Waals surface area contributed by atoms with E-state index in [4.69, 9.17) is 0 Å². The zero-order chi connectivity index (χ0) is 16.7. The molecular weight excluding hydrogens is 288 g/mol. The molecule has 0 heterocycles. The number of hydrogen-bond donors (Lipinski definition) is 3. The number of benzene rings is 1. The van der Waals surface area contributed by atoms with Crippen LogP contribution in [0, 0.1) is 5.92 Å². The second-order valence-electron chi connectivity index (χ2n) is 6.30. The number of nitrogens with zero attached hydrogens (tertiary/aromatic N) is 1. The van der Waals surface area contributed by atoms with E-state index in [0.29, 0.717) is 18.2 Å². The summed E-state index contributed by atoms with van der Waals surface area (Å²) in [6, 6.07) is 8.14. The smallest absolute Gasteiger partial charge is 0.251 e. The zero-order valence-corrected chi connectivity index (χ0v) is 14.4. The number of guanidine groups is 1. The molecular formula is C18H28N4O. The summed E-state index contributed by atoms with van der Waals surface area (Å²) in [5.74, 6) is 1.63. The Balaban J connectivity index is 1.82. The summed E-state index contributed by atoms with van der Waals surface area (Å²) in [4.78, 5) is 15.8. The number of carbonyl (C=O) groups excluding carboxylic acids is 1. The van der Waals surface area contributed by atoms with Gasteiger partial charge in [0.15, 0.2) is 5.96 Å². The van der Waals surface area contributed by atoms with Crippen molar-refractivity contribution in [3.05, 3.63) is 35.4 Å². The summed E-state index contributed by atoms with van der Waals surface area (Å²) in [6.45, 7) is 3.02.